The van der Waals surface area contributed by atoms with Gasteiger partial charge in [0.25, 0.3) is 0 Å². The van der Waals surface area contributed by atoms with E-state index in [1.165, 1.54) is 0 Å². The number of hydrogen-bond acceptors (Lipinski definition) is 4. The van der Waals surface area contributed by atoms with Crippen molar-refractivity contribution in [2.75, 3.05) is 41.8 Å². The maximum Gasteiger partial charge on any atom is 0.233 e. The number of carbonyl (C=O) groups excluding carboxylic acids is 2. The van der Waals surface area contributed by atoms with Crippen LogP contribution >= 0.6 is 0 Å². The van der Waals surface area contributed by atoms with Crippen molar-refractivity contribution in [3.63, 3.8) is 0 Å². The molecule has 0 aromatic heterocycles. The zero-order valence-corrected chi connectivity index (χ0v) is 17.2. The van der Waals surface area contributed by atoms with E-state index >= 15 is 0 Å². The minimum atomic E-state index is -0.324. The predicted octanol–water partition coefficient (Wildman–Crippen LogP) is 3.62. The maximum absolute atomic E-state index is 12.5. The highest BCUT2D eigenvalue weighted by Gasteiger charge is 2.18. The van der Waals surface area contributed by atoms with E-state index in [1.54, 1.807) is 0 Å². The molecule has 2 aromatic carbocycles. The van der Waals surface area contributed by atoms with Gasteiger partial charge in [-0.25, -0.2) is 0 Å². The fourth-order valence-corrected chi connectivity index (χ4v) is 3.59. The van der Waals surface area contributed by atoms with Crippen LogP contribution in [0.25, 0.3) is 0 Å². The molecular weight excluding hydrogens is 366 g/mol. The monoisotopic (exact) mass is 395 g/mol. The molecule has 0 atom stereocenters. The number of benzene rings is 2. The Morgan fingerprint density at radius 1 is 0.897 bits per heavy atom. The number of aryl methyl sites for hydroxylation is 2. The van der Waals surface area contributed by atoms with Crippen molar-refractivity contribution in [3.05, 3.63) is 53.6 Å². The normalized spacial score (nSPS) is 13.8. The summed E-state index contributed by atoms with van der Waals surface area (Å²) in [6.07, 6.45) is 1.42. The lowest BCUT2D eigenvalue weighted by Crippen LogP contribution is -2.36. The number of amides is 2. The molecule has 0 aliphatic carbocycles. The molecule has 29 heavy (non-hydrogen) atoms. The lowest BCUT2D eigenvalue weighted by atomic mass is 10.0. The van der Waals surface area contributed by atoms with Crippen LogP contribution in [0.5, 0.6) is 0 Å². The Bertz CT molecular complexity index is 838. The van der Waals surface area contributed by atoms with Gasteiger partial charge in [-0.3, -0.25) is 9.59 Å². The van der Waals surface area contributed by atoms with E-state index in [9.17, 15) is 9.59 Å². The van der Waals surface area contributed by atoms with Crippen molar-refractivity contribution in [1.82, 2.24) is 0 Å². The van der Waals surface area contributed by atoms with Gasteiger partial charge in [0.15, 0.2) is 0 Å². The van der Waals surface area contributed by atoms with Crippen LogP contribution in [0.2, 0.25) is 0 Å². The van der Waals surface area contributed by atoms with Crippen molar-refractivity contribution in [3.8, 4) is 0 Å². The van der Waals surface area contributed by atoms with Crippen molar-refractivity contribution in [1.29, 1.82) is 0 Å². The second kappa shape index (κ2) is 10.1. The Balaban J connectivity index is 1.65. The Hall–Kier alpha value is -2.86. The number of nitrogens with one attached hydrogen (secondary N) is 2. The molecule has 3 rings (SSSR count). The van der Waals surface area contributed by atoms with Crippen LogP contribution in [0.4, 0.5) is 17.1 Å². The minimum absolute atomic E-state index is 0.224. The van der Waals surface area contributed by atoms with Crippen molar-refractivity contribution >= 4 is 28.9 Å². The molecule has 1 saturated heterocycles. The quantitative estimate of drug-likeness (QED) is 0.703. The second-order valence-corrected chi connectivity index (χ2v) is 7.05. The molecule has 0 spiro atoms. The Labute approximate surface area is 172 Å². The second-order valence-electron chi connectivity index (χ2n) is 7.05. The topological polar surface area (TPSA) is 70.7 Å². The summed E-state index contributed by atoms with van der Waals surface area (Å²) >= 11 is 0. The van der Waals surface area contributed by atoms with Crippen LogP contribution in [0, 0.1) is 0 Å². The molecule has 0 bridgehead atoms. The smallest absolute Gasteiger partial charge is 0.233 e. The van der Waals surface area contributed by atoms with E-state index in [0.717, 1.165) is 54.1 Å². The van der Waals surface area contributed by atoms with Gasteiger partial charge < -0.3 is 20.3 Å². The first-order valence-electron chi connectivity index (χ1n) is 10.2. The summed E-state index contributed by atoms with van der Waals surface area (Å²) in [5.41, 5.74) is 4.67. The third-order valence-electron chi connectivity index (χ3n) is 5.11. The number of hydrogen-bond donors (Lipinski definition) is 2. The standard InChI is InChI=1S/C23H29N3O3/c1-3-17-8-7-9-18(4-2)23(17)25-22(28)16-21(27)24-19-10-5-6-11-20(19)26-12-14-29-15-13-26/h5-11H,3-4,12-16H2,1-2H3,(H,24,27)(H,25,28). The number of para-hydroxylation sites is 3. The molecule has 0 unspecified atom stereocenters. The highest BCUT2D eigenvalue weighted by molar-refractivity contribution is 6.09. The predicted molar refractivity (Wildman–Crippen MR) is 117 cm³/mol. The van der Waals surface area contributed by atoms with Crippen LogP contribution in [0.15, 0.2) is 42.5 Å². The average molecular weight is 396 g/mol. The van der Waals surface area contributed by atoms with Crippen LogP contribution < -0.4 is 15.5 Å². The van der Waals surface area contributed by atoms with Crippen molar-refractivity contribution < 1.29 is 14.3 Å². The summed E-state index contributed by atoms with van der Waals surface area (Å²) in [6.45, 7) is 7.00. The van der Waals surface area contributed by atoms with Crippen LogP contribution in [0.3, 0.4) is 0 Å². The summed E-state index contributed by atoms with van der Waals surface area (Å²) in [6, 6.07) is 13.7. The number of rotatable bonds is 7. The number of ether oxygens (including phenoxy) is 1. The molecule has 6 nitrogen and oxygen atoms in total. The minimum Gasteiger partial charge on any atom is -0.378 e. The average Bonchev–Trinajstić information content (AvgIpc) is 2.74. The van der Waals surface area contributed by atoms with Gasteiger partial charge in [0.1, 0.15) is 6.42 Å². The first-order chi connectivity index (χ1) is 14.1. The molecule has 2 amide bonds. The molecule has 1 fully saturated rings. The zero-order chi connectivity index (χ0) is 20.6. The Kier molecular flexibility index (Phi) is 7.25. The lowest BCUT2D eigenvalue weighted by molar-refractivity contribution is -0.123. The van der Waals surface area contributed by atoms with Gasteiger partial charge in [0.2, 0.25) is 11.8 Å². The highest BCUT2D eigenvalue weighted by Crippen LogP contribution is 2.27. The van der Waals surface area contributed by atoms with Crippen LogP contribution in [0.1, 0.15) is 31.4 Å². The zero-order valence-electron chi connectivity index (χ0n) is 17.2. The molecule has 1 aliphatic heterocycles. The van der Waals surface area contributed by atoms with E-state index < -0.39 is 0 Å². The molecule has 1 heterocycles. The van der Waals surface area contributed by atoms with E-state index in [4.69, 9.17) is 4.74 Å². The van der Waals surface area contributed by atoms with Crippen molar-refractivity contribution in [2.24, 2.45) is 0 Å². The van der Waals surface area contributed by atoms with Gasteiger partial charge in [-0.1, -0.05) is 44.2 Å². The number of nitrogens with zero attached hydrogens (tertiary/aromatic N) is 1. The SMILES string of the molecule is CCc1cccc(CC)c1NC(=O)CC(=O)Nc1ccccc1N1CCOCC1. The molecule has 2 aromatic rings. The van der Waals surface area contributed by atoms with Crippen LogP contribution in [-0.4, -0.2) is 38.1 Å². The fraction of sp³-hybridized carbons (Fsp3) is 0.391. The number of carbonyl (C=O) groups is 2. The largest absolute Gasteiger partial charge is 0.378 e. The highest BCUT2D eigenvalue weighted by atomic mass is 16.5. The van der Waals surface area contributed by atoms with E-state index in [2.05, 4.69) is 29.4 Å². The molecular formula is C23H29N3O3. The van der Waals surface area contributed by atoms with Gasteiger partial charge in [-0.15, -0.1) is 0 Å². The Morgan fingerprint density at radius 3 is 2.17 bits per heavy atom. The summed E-state index contributed by atoms with van der Waals surface area (Å²) in [5.74, 6) is -0.628. The van der Waals surface area contributed by atoms with Crippen molar-refractivity contribution in [2.45, 2.75) is 33.1 Å². The first kappa shape index (κ1) is 20.9. The van der Waals surface area contributed by atoms with Gasteiger partial charge in [-0.2, -0.15) is 0 Å². The van der Waals surface area contributed by atoms with Gasteiger partial charge >= 0.3 is 0 Å². The molecule has 154 valence electrons. The van der Waals surface area contributed by atoms with Gasteiger partial charge in [0, 0.05) is 18.8 Å². The van der Waals surface area contributed by atoms with E-state index in [0.29, 0.717) is 13.2 Å². The summed E-state index contributed by atoms with van der Waals surface area (Å²) in [7, 11) is 0. The lowest BCUT2D eigenvalue weighted by Gasteiger charge is -2.30. The molecule has 6 heteroatoms. The van der Waals surface area contributed by atoms with E-state index in [1.807, 2.05) is 42.5 Å². The number of morpholine rings is 1. The Morgan fingerprint density at radius 2 is 1.52 bits per heavy atom. The fourth-order valence-electron chi connectivity index (χ4n) is 3.59. The van der Waals surface area contributed by atoms with Crippen LogP contribution in [-0.2, 0) is 27.2 Å². The summed E-state index contributed by atoms with van der Waals surface area (Å²) < 4.78 is 5.41. The maximum atomic E-state index is 12.5. The third-order valence-corrected chi connectivity index (χ3v) is 5.11. The summed E-state index contributed by atoms with van der Waals surface area (Å²) in [5, 5.41) is 5.85. The van der Waals surface area contributed by atoms with Gasteiger partial charge in [0.05, 0.1) is 24.6 Å². The molecule has 2 N–H and O–H groups in total. The first-order valence-corrected chi connectivity index (χ1v) is 10.2. The molecule has 0 saturated carbocycles. The van der Waals surface area contributed by atoms with Gasteiger partial charge in [-0.05, 0) is 36.1 Å². The molecule has 1 aliphatic rings. The third kappa shape index (κ3) is 5.35. The summed E-state index contributed by atoms with van der Waals surface area (Å²) in [4.78, 5) is 27.3. The van der Waals surface area contributed by atoms with E-state index in [-0.39, 0.29) is 18.2 Å². The molecule has 0 radical (unpaired) electrons. The number of anilines is 3.